The topological polar surface area (TPSA) is 67.9 Å². The van der Waals surface area contributed by atoms with Crippen molar-refractivity contribution in [3.05, 3.63) is 29.8 Å². The van der Waals surface area contributed by atoms with Gasteiger partial charge in [-0.3, -0.25) is 9.59 Å². The van der Waals surface area contributed by atoms with Crippen molar-refractivity contribution in [2.45, 2.75) is 37.3 Å². The molecule has 0 spiro atoms. The number of nitrogens with zero attached hydrogens (tertiary/aromatic N) is 1. The number of alkyl halides is 6. The Morgan fingerprint density at radius 2 is 1.67 bits per heavy atom. The van der Waals surface area contributed by atoms with Gasteiger partial charge in [-0.05, 0) is 48.9 Å². The van der Waals surface area contributed by atoms with E-state index in [0.29, 0.717) is 12.8 Å². The average molecular weight is 480 g/mol. The van der Waals surface area contributed by atoms with Crippen molar-refractivity contribution < 1.29 is 45.4 Å². The van der Waals surface area contributed by atoms with Gasteiger partial charge in [-0.1, -0.05) is 0 Å². The van der Waals surface area contributed by atoms with Crippen molar-refractivity contribution in [3.8, 4) is 5.75 Å². The molecule has 2 aliphatic heterocycles. The van der Waals surface area contributed by atoms with Crippen molar-refractivity contribution >= 4 is 11.8 Å². The van der Waals surface area contributed by atoms with Crippen LogP contribution < -0.4 is 10.1 Å². The molecule has 3 aliphatic rings. The number of halogens is 6. The van der Waals surface area contributed by atoms with Gasteiger partial charge in [0.05, 0.1) is 24.1 Å². The highest BCUT2D eigenvalue weighted by Gasteiger charge is 2.67. The molecule has 6 nitrogen and oxygen atoms in total. The SMILES string of the molecule is O=C(COc1ccc(C(F)(F)F)cc1)N[C@@H]1CC[C@@H](C(=O)N2C[C@@H]3[C@H](C2)[C@H]3C(F)(F)F)OC1. The normalized spacial score (nSPS) is 29.4. The van der Waals surface area contributed by atoms with Gasteiger partial charge in [-0.2, -0.15) is 26.3 Å². The van der Waals surface area contributed by atoms with Crippen LogP contribution >= 0.6 is 0 Å². The molecular weight excluding hydrogens is 458 g/mol. The van der Waals surface area contributed by atoms with E-state index in [1.807, 2.05) is 0 Å². The largest absolute Gasteiger partial charge is 0.484 e. The zero-order valence-electron chi connectivity index (χ0n) is 17.3. The Hall–Kier alpha value is -2.50. The summed E-state index contributed by atoms with van der Waals surface area (Å²) in [7, 11) is 0. The number of benzene rings is 1. The molecule has 3 fully saturated rings. The summed E-state index contributed by atoms with van der Waals surface area (Å²) in [5, 5.41) is 2.67. The van der Waals surface area contributed by atoms with E-state index in [0.717, 1.165) is 24.3 Å². The molecule has 2 saturated heterocycles. The smallest absolute Gasteiger partial charge is 0.416 e. The highest BCUT2D eigenvalue weighted by atomic mass is 19.4. The number of amides is 2. The molecule has 0 bridgehead atoms. The van der Waals surface area contributed by atoms with Crippen molar-refractivity contribution in [2.24, 2.45) is 17.8 Å². The summed E-state index contributed by atoms with van der Waals surface area (Å²) in [6, 6.07) is 3.57. The molecule has 0 unspecified atom stereocenters. The highest BCUT2D eigenvalue weighted by molar-refractivity contribution is 5.82. The molecule has 5 atom stereocenters. The van der Waals surface area contributed by atoms with E-state index in [4.69, 9.17) is 9.47 Å². The predicted molar refractivity (Wildman–Crippen MR) is 101 cm³/mol. The maximum absolute atomic E-state index is 12.8. The molecule has 12 heteroatoms. The van der Waals surface area contributed by atoms with Crippen LogP contribution in [0.15, 0.2) is 24.3 Å². The van der Waals surface area contributed by atoms with Gasteiger partial charge in [0, 0.05) is 13.1 Å². The predicted octanol–water partition coefficient (Wildman–Crippen LogP) is 3.01. The van der Waals surface area contributed by atoms with Crippen LogP contribution in [0.25, 0.3) is 0 Å². The van der Waals surface area contributed by atoms with E-state index in [9.17, 15) is 35.9 Å². The van der Waals surface area contributed by atoms with E-state index in [1.165, 1.54) is 4.90 Å². The van der Waals surface area contributed by atoms with Crippen molar-refractivity contribution in [1.29, 1.82) is 0 Å². The standard InChI is InChI=1S/C21H22F6N2O4/c22-20(23,24)11-1-4-13(5-2-11)32-10-17(30)28-12-3-6-16(33-9-12)19(31)29-7-14-15(8-29)18(14)21(25,26)27/h1-2,4-5,12,14-16,18H,3,6-10H2,(H,28,30)/t12-,14-,15+,16+,18+/m1/s1. The van der Waals surface area contributed by atoms with Crippen LogP contribution in [-0.2, 0) is 20.5 Å². The number of rotatable bonds is 5. The van der Waals surface area contributed by atoms with E-state index < -0.39 is 54.3 Å². The first-order chi connectivity index (χ1) is 15.4. The maximum atomic E-state index is 12.8. The van der Waals surface area contributed by atoms with Gasteiger partial charge in [-0.15, -0.1) is 0 Å². The number of carbonyl (C=O) groups excluding carboxylic acids is 2. The summed E-state index contributed by atoms with van der Waals surface area (Å²) in [4.78, 5) is 26.0. The summed E-state index contributed by atoms with van der Waals surface area (Å²) in [6.45, 7) is -0.153. The van der Waals surface area contributed by atoms with Crippen molar-refractivity contribution in [1.82, 2.24) is 10.2 Å². The maximum Gasteiger partial charge on any atom is 0.416 e. The van der Waals surface area contributed by atoms with Crippen LogP contribution in [-0.4, -0.2) is 61.3 Å². The lowest BCUT2D eigenvalue weighted by molar-refractivity contribution is -0.162. The molecule has 4 rings (SSSR count). The monoisotopic (exact) mass is 480 g/mol. The van der Waals surface area contributed by atoms with Crippen molar-refractivity contribution in [3.63, 3.8) is 0 Å². The molecule has 2 heterocycles. The first-order valence-electron chi connectivity index (χ1n) is 10.5. The first-order valence-corrected chi connectivity index (χ1v) is 10.5. The Bertz CT molecular complexity index is 868. The summed E-state index contributed by atoms with van der Waals surface area (Å²) in [5.41, 5.74) is -0.825. The number of carbonyl (C=O) groups is 2. The lowest BCUT2D eigenvalue weighted by Gasteiger charge is -2.32. The summed E-state index contributed by atoms with van der Waals surface area (Å²) >= 11 is 0. The second-order valence-electron chi connectivity index (χ2n) is 8.61. The van der Waals surface area contributed by atoms with Crippen LogP contribution in [0, 0.1) is 17.8 Å². The molecule has 1 saturated carbocycles. The van der Waals surface area contributed by atoms with Crippen LogP contribution in [0.5, 0.6) is 5.75 Å². The van der Waals surface area contributed by atoms with Gasteiger partial charge in [0.25, 0.3) is 11.8 Å². The van der Waals surface area contributed by atoms with Crippen molar-refractivity contribution in [2.75, 3.05) is 26.3 Å². The summed E-state index contributed by atoms with van der Waals surface area (Å²) in [6.07, 6.45) is -8.67. The Kier molecular flexibility index (Phi) is 6.23. The molecule has 1 aromatic carbocycles. The number of piperidine rings is 1. The number of likely N-dealkylation sites (tertiary alicyclic amines) is 1. The third-order valence-corrected chi connectivity index (χ3v) is 6.35. The highest BCUT2D eigenvalue weighted by Crippen LogP contribution is 2.59. The summed E-state index contributed by atoms with van der Waals surface area (Å²) in [5.74, 6) is -3.05. The lowest BCUT2D eigenvalue weighted by Crippen LogP contribution is -2.49. The molecular formula is C21H22F6N2O4. The van der Waals surface area contributed by atoms with Crippen LogP contribution in [0.3, 0.4) is 0 Å². The Morgan fingerprint density at radius 1 is 1.03 bits per heavy atom. The van der Waals surface area contributed by atoms with E-state index in [-0.39, 0.29) is 37.4 Å². The third-order valence-electron chi connectivity index (χ3n) is 6.35. The average Bonchev–Trinajstić information content (AvgIpc) is 3.28. The quantitative estimate of drug-likeness (QED) is 0.659. The molecule has 1 aliphatic carbocycles. The molecule has 2 amide bonds. The first kappa shape index (κ1) is 23.7. The van der Waals surface area contributed by atoms with E-state index in [2.05, 4.69) is 5.32 Å². The van der Waals surface area contributed by atoms with Crippen LogP contribution in [0.4, 0.5) is 26.3 Å². The minimum Gasteiger partial charge on any atom is -0.484 e. The van der Waals surface area contributed by atoms with Crippen LogP contribution in [0.1, 0.15) is 18.4 Å². The van der Waals surface area contributed by atoms with Gasteiger partial charge in [0.1, 0.15) is 11.9 Å². The fraction of sp³-hybridized carbons (Fsp3) is 0.619. The fourth-order valence-electron chi connectivity index (χ4n) is 4.61. The zero-order chi connectivity index (χ0) is 24.0. The zero-order valence-corrected chi connectivity index (χ0v) is 17.3. The Labute approximate surface area is 185 Å². The molecule has 1 N–H and O–H groups in total. The lowest BCUT2D eigenvalue weighted by atomic mass is 10.0. The van der Waals surface area contributed by atoms with Gasteiger partial charge < -0.3 is 19.7 Å². The molecule has 1 aromatic rings. The summed E-state index contributed by atoms with van der Waals surface area (Å²) < 4.78 is 86.8. The third kappa shape index (κ3) is 5.36. The number of nitrogens with one attached hydrogen (secondary N) is 1. The fourth-order valence-corrected chi connectivity index (χ4v) is 4.61. The molecule has 33 heavy (non-hydrogen) atoms. The molecule has 0 radical (unpaired) electrons. The van der Waals surface area contributed by atoms with E-state index >= 15 is 0 Å². The number of hydrogen-bond acceptors (Lipinski definition) is 4. The number of fused-ring (bicyclic) bond motifs is 1. The second-order valence-corrected chi connectivity index (χ2v) is 8.61. The van der Waals surface area contributed by atoms with E-state index in [1.54, 1.807) is 0 Å². The Morgan fingerprint density at radius 3 is 2.18 bits per heavy atom. The molecule has 0 aromatic heterocycles. The Balaban J connectivity index is 1.15. The van der Waals surface area contributed by atoms with Gasteiger partial charge in [0.2, 0.25) is 0 Å². The molecule has 182 valence electrons. The number of ether oxygens (including phenoxy) is 2. The van der Waals surface area contributed by atoms with Gasteiger partial charge in [0.15, 0.2) is 6.61 Å². The van der Waals surface area contributed by atoms with Gasteiger partial charge >= 0.3 is 12.4 Å². The minimum atomic E-state index is -4.46. The minimum absolute atomic E-state index is 0.0638. The van der Waals surface area contributed by atoms with Crippen LogP contribution in [0.2, 0.25) is 0 Å². The second kappa shape index (κ2) is 8.69. The number of hydrogen-bond donors (Lipinski definition) is 1. The van der Waals surface area contributed by atoms with Gasteiger partial charge in [-0.25, -0.2) is 0 Å².